The van der Waals surface area contributed by atoms with Gasteiger partial charge in [0.05, 0.1) is 0 Å². The number of aliphatic carboxylic acids is 1. The Labute approximate surface area is 172 Å². The Morgan fingerprint density at radius 2 is 1.48 bits per heavy atom. The van der Waals surface area contributed by atoms with Crippen LogP contribution in [0.15, 0.2) is 0 Å². The Kier molecular flexibility index (Phi) is 10.1. The van der Waals surface area contributed by atoms with Gasteiger partial charge in [-0.05, 0) is 38.5 Å². The summed E-state index contributed by atoms with van der Waals surface area (Å²) in [4.78, 5) is 24.0. The first-order valence-corrected chi connectivity index (χ1v) is 12.0. The second-order valence-electron chi connectivity index (χ2n) is 8.42. The molecule has 1 amide bonds. The van der Waals surface area contributed by atoms with Gasteiger partial charge < -0.3 is 15.3 Å². The molecule has 3 aliphatic rings. The summed E-state index contributed by atoms with van der Waals surface area (Å²) in [6.45, 7) is 2.38. The summed E-state index contributed by atoms with van der Waals surface area (Å²) in [5.41, 5.74) is 0. The van der Waals surface area contributed by atoms with Gasteiger partial charge in [0.25, 0.3) is 0 Å². The summed E-state index contributed by atoms with van der Waals surface area (Å²) >= 11 is 3.22. The average Bonchev–Trinajstić information content (AvgIpc) is 3.19. The predicted octanol–water partition coefficient (Wildman–Crippen LogP) is 4.33. The largest absolute Gasteiger partial charge is 0.480 e. The van der Waals surface area contributed by atoms with Gasteiger partial charge >= 0.3 is 5.97 Å². The lowest BCUT2D eigenvalue weighted by molar-refractivity contribution is -0.149. The van der Waals surface area contributed by atoms with Crippen molar-refractivity contribution in [1.29, 1.82) is 0 Å². The van der Waals surface area contributed by atoms with Crippen molar-refractivity contribution in [2.45, 2.75) is 102 Å². The van der Waals surface area contributed by atoms with Crippen molar-refractivity contribution in [2.24, 2.45) is 5.92 Å². The molecule has 1 saturated heterocycles. The van der Waals surface area contributed by atoms with Crippen LogP contribution in [-0.2, 0) is 9.59 Å². The molecule has 0 unspecified atom stereocenters. The van der Waals surface area contributed by atoms with E-state index in [9.17, 15) is 9.59 Å². The maximum Gasteiger partial charge on any atom is 0.326 e. The maximum absolute atomic E-state index is 11.7. The number of carboxylic acids is 1. The first-order chi connectivity index (χ1) is 13.0. The maximum atomic E-state index is 11.7. The highest BCUT2D eigenvalue weighted by atomic mass is 79.9. The number of hydrogen-bond acceptors (Lipinski definition) is 3. The summed E-state index contributed by atoms with van der Waals surface area (Å²) in [6.07, 6.45) is 15.9. The molecular weight excluding hydrogens is 408 g/mol. The van der Waals surface area contributed by atoms with Gasteiger partial charge in [-0.25, -0.2) is 4.79 Å². The topological polar surface area (TPSA) is 69.6 Å². The van der Waals surface area contributed by atoms with E-state index in [1.807, 2.05) is 0 Å². The Balaban J connectivity index is 0.000000194. The molecule has 2 aliphatic carbocycles. The summed E-state index contributed by atoms with van der Waals surface area (Å²) < 4.78 is 0. The number of likely N-dealkylation sites (tertiary alicyclic amines) is 1. The van der Waals surface area contributed by atoms with E-state index in [1.54, 1.807) is 6.92 Å². The average molecular weight is 445 g/mol. The van der Waals surface area contributed by atoms with Gasteiger partial charge in [-0.1, -0.05) is 61.4 Å². The van der Waals surface area contributed by atoms with Crippen LogP contribution >= 0.6 is 15.9 Å². The number of halogens is 1. The number of amides is 1. The zero-order valence-corrected chi connectivity index (χ0v) is 18.4. The molecule has 0 aromatic rings. The number of carboxylic acid groups (broad SMARTS) is 1. The van der Waals surface area contributed by atoms with Gasteiger partial charge in [0, 0.05) is 29.9 Å². The van der Waals surface area contributed by atoms with Gasteiger partial charge in [-0.2, -0.15) is 0 Å². The van der Waals surface area contributed by atoms with Crippen LogP contribution in [0.3, 0.4) is 0 Å². The van der Waals surface area contributed by atoms with Crippen molar-refractivity contribution >= 4 is 27.8 Å². The Hall–Kier alpha value is -0.620. The molecule has 2 atom stereocenters. The van der Waals surface area contributed by atoms with Crippen LogP contribution in [-0.4, -0.2) is 51.9 Å². The van der Waals surface area contributed by atoms with Crippen LogP contribution in [0.5, 0.6) is 0 Å². The van der Waals surface area contributed by atoms with E-state index in [4.69, 9.17) is 5.11 Å². The molecule has 1 aliphatic heterocycles. The van der Waals surface area contributed by atoms with Gasteiger partial charge in [0.15, 0.2) is 0 Å². The fourth-order valence-electron chi connectivity index (χ4n) is 4.51. The van der Waals surface area contributed by atoms with E-state index in [1.165, 1.54) is 69.1 Å². The van der Waals surface area contributed by atoms with E-state index in [0.29, 0.717) is 18.3 Å². The molecule has 156 valence electrons. The van der Waals surface area contributed by atoms with Crippen LogP contribution in [0.25, 0.3) is 0 Å². The first-order valence-electron chi connectivity index (χ1n) is 10.9. The van der Waals surface area contributed by atoms with E-state index in [2.05, 4.69) is 21.2 Å². The van der Waals surface area contributed by atoms with Crippen molar-refractivity contribution in [3.8, 4) is 0 Å². The number of carbonyl (C=O) groups excluding carboxylic acids is 1. The normalized spacial score (nSPS) is 25.6. The van der Waals surface area contributed by atoms with E-state index < -0.39 is 12.0 Å². The number of alkyl halides is 1. The van der Waals surface area contributed by atoms with Gasteiger partial charge in [-0.3, -0.25) is 4.79 Å². The number of hydrogen-bond donors (Lipinski definition) is 2. The van der Waals surface area contributed by atoms with Crippen LogP contribution in [0.4, 0.5) is 0 Å². The fraction of sp³-hybridized carbons (Fsp3) is 0.905. The molecule has 0 aromatic carbocycles. The lowest BCUT2D eigenvalue weighted by Crippen LogP contribution is -2.43. The molecule has 3 fully saturated rings. The summed E-state index contributed by atoms with van der Waals surface area (Å²) in [6, 6.07) is 1.14. The van der Waals surface area contributed by atoms with Crippen molar-refractivity contribution in [2.75, 3.05) is 11.9 Å². The zero-order chi connectivity index (χ0) is 19.6. The fourth-order valence-corrected chi connectivity index (χ4v) is 4.79. The zero-order valence-electron chi connectivity index (χ0n) is 16.8. The Morgan fingerprint density at radius 3 is 1.93 bits per heavy atom. The minimum atomic E-state index is -0.891. The predicted molar refractivity (Wildman–Crippen MR) is 112 cm³/mol. The van der Waals surface area contributed by atoms with Gasteiger partial charge in [0.2, 0.25) is 5.91 Å². The molecule has 0 spiro atoms. The van der Waals surface area contributed by atoms with Crippen LogP contribution < -0.4 is 5.32 Å². The molecule has 0 aromatic heterocycles. The quantitative estimate of drug-likeness (QED) is 0.618. The standard InChI is InChI=1S/C12H23N.C9H14BrNO3/c1-3-7-11(8-4-1)13-12-9-5-2-6-10-12;1-6(5-10)8(12)11-4-2-3-7(11)9(13)14/h11-13H,1-10H2;6-7H,2-5H2,1H3,(H,13,14)/t;6-,7-/m.0/s1. The monoisotopic (exact) mass is 444 g/mol. The third-order valence-corrected chi connectivity index (χ3v) is 7.13. The number of carbonyl (C=O) groups is 2. The molecule has 27 heavy (non-hydrogen) atoms. The van der Waals surface area contributed by atoms with Crippen LogP contribution in [0.2, 0.25) is 0 Å². The van der Waals surface area contributed by atoms with Crippen molar-refractivity contribution in [1.82, 2.24) is 10.2 Å². The summed E-state index contributed by atoms with van der Waals surface area (Å²) in [5.74, 6) is -1.10. The Bertz CT molecular complexity index is 446. The highest BCUT2D eigenvalue weighted by molar-refractivity contribution is 9.09. The Morgan fingerprint density at radius 1 is 0.963 bits per heavy atom. The first kappa shape index (κ1) is 22.7. The smallest absolute Gasteiger partial charge is 0.326 e. The van der Waals surface area contributed by atoms with Crippen LogP contribution in [0.1, 0.15) is 84.0 Å². The molecular formula is C21H37BrN2O3. The highest BCUT2D eigenvalue weighted by Gasteiger charge is 2.35. The van der Waals surface area contributed by atoms with Crippen LogP contribution in [0, 0.1) is 5.92 Å². The molecule has 0 radical (unpaired) electrons. The lowest BCUT2D eigenvalue weighted by Gasteiger charge is -2.30. The third kappa shape index (κ3) is 7.37. The van der Waals surface area contributed by atoms with Crippen molar-refractivity contribution < 1.29 is 14.7 Å². The number of nitrogens with one attached hydrogen (secondary N) is 1. The number of nitrogens with zero attached hydrogens (tertiary/aromatic N) is 1. The lowest BCUT2D eigenvalue weighted by atomic mass is 9.91. The van der Waals surface area contributed by atoms with Gasteiger partial charge in [-0.15, -0.1) is 0 Å². The van der Waals surface area contributed by atoms with E-state index in [0.717, 1.165) is 18.5 Å². The van der Waals surface area contributed by atoms with E-state index >= 15 is 0 Å². The molecule has 2 N–H and O–H groups in total. The third-order valence-electron chi connectivity index (χ3n) is 6.16. The van der Waals surface area contributed by atoms with Gasteiger partial charge in [0.1, 0.15) is 6.04 Å². The molecule has 2 saturated carbocycles. The minimum Gasteiger partial charge on any atom is -0.480 e. The minimum absolute atomic E-state index is 0.0632. The number of rotatable bonds is 5. The second kappa shape index (κ2) is 12.1. The van der Waals surface area contributed by atoms with E-state index in [-0.39, 0.29) is 11.8 Å². The second-order valence-corrected chi connectivity index (χ2v) is 9.07. The molecule has 5 nitrogen and oxygen atoms in total. The summed E-state index contributed by atoms with van der Waals surface area (Å²) in [7, 11) is 0. The molecule has 6 heteroatoms. The molecule has 3 rings (SSSR count). The molecule has 0 bridgehead atoms. The van der Waals surface area contributed by atoms with Crippen molar-refractivity contribution in [3.05, 3.63) is 0 Å². The van der Waals surface area contributed by atoms with Crippen molar-refractivity contribution in [3.63, 3.8) is 0 Å². The summed E-state index contributed by atoms with van der Waals surface area (Å²) in [5, 5.41) is 13.3. The highest BCUT2D eigenvalue weighted by Crippen LogP contribution is 2.23. The SMILES string of the molecule is C1CCC(NC2CCCCC2)CC1.C[C@@H](CBr)C(=O)N1CCC[C@H]1C(=O)O. The molecule has 1 heterocycles.